The molecule has 0 spiro atoms. The second kappa shape index (κ2) is 7.24. The number of hydrogen-bond donors (Lipinski definition) is 0. The number of rotatable bonds is 7. The molecule has 0 heterocycles. The number of allylic oxidation sites excluding steroid dienone is 1. The van der Waals surface area contributed by atoms with Crippen molar-refractivity contribution in [3.8, 4) is 0 Å². The Morgan fingerprint density at radius 2 is 1.94 bits per heavy atom. The first-order chi connectivity index (χ1) is 7.74. The van der Waals surface area contributed by atoms with E-state index in [0.717, 1.165) is 13.0 Å². The van der Waals surface area contributed by atoms with Gasteiger partial charge in [0, 0.05) is 0 Å². The predicted molar refractivity (Wildman–Crippen MR) is 69.2 cm³/mol. The largest absolute Gasteiger partial charge is 0.376 e. The minimum Gasteiger partial charge on any atom is -0.376 e. The summed E-state index contributed by atoms with van der Waals surface area (Å²) in [7, 11) is 0. The lowest BCUT2D eigenvalue weighted by atomic mass is 9.93. The maximum atomic E-state index is 5.75. The van der Waals surface area contributed by atoms with E-state index in [4.69, 9.17) is 4.74 Å². The zero-order valence-corrected chi connectivity index (χ0v) is 10.4. The number of ether oxygens (including phenoxy) is 1. The van der Waals surface area contributed by atoms with E-state index in [1.165, 1.54) is 5.56 Å². The van der Waals surface area contributed by atoms with Crippen LogP contribution < -0.4 is 0 Å². The van der Waals surface area contributed by atoms with Crippen molar-refractivity contribution in [3.63, 3.8) is 0 Å². The molecule has 1 rings (SSSR count). The molecule has 1 nitrogen and oxygen atoms in total. The molecule has 1 atom stereocenters. The van der Waals surface area contributed by atoms with Gasteiger partial charge >= 0.3 is 0 Å². The zero-order chi connectivity index (χ0) is 11.8. The molecule has 0 N–H and O–H groups in total. The highest BCUT2D eigenvalue weighted by Crippen LogP contribution is 2.16. The van der Waals surface area contributed by atoms with E-state index in [9.17, 15) is 0 Å². The minimum atomic E-state index is 0.584. The summed E-state index contributed by atoms with van der Waals surface area (Å²) in [5.74, 6) is 1.23. The predicted octanol–water partition coefficient (Wildman–Crippen LogP) is 4.05. The van der Waals surface area contributed by atoms with Crippen LogP contribution in [0, 0.1) is 11.8 Å². The van der Waals surface area contributed by atoms with E-state index in [-0.39, 0.29) is 0 Å². The van der Waals surface area contributed by atoms with Crippen molar-refractivity contribution >= 4 is 0 Å². The molecule has 0 fully saturated rings. The molecular formula is C15H22O. The van der Waals surface area contributed by atoms with Crippen molar-refractivity contribution in [1.29, 1.82) is 0 Å². The van der Waals surface area contributed by atoms with E-state index in [0.29, 0.717) is 18.4 Å². The second-order valence-corrected chi connectivity index (χ2v) is 4.53. The van der Waals surface area contributed by atoms with Crippen LogP contribution in [0.15, 0.2) is 43.0 Å². The fourth-order valence-electron chi connectivity index (χ4n) is 1.65. The molecule has 1 heteroatoms. The molecule has 88 valence electrons. The Bertz CT molecular complexity index is 290. The minimum absolute atomic E-state index is 0.584. The molecule has 1 unspecified atom stereocenters. The van der Waals surface area contributed by atoms with Crippen LogP contribution in [0.1, 0.15) is 25.8 Å². The molecule has 0 amide bonds. The number of benzene rings is 1. The second-order valence-electron chi connectivity index (χ2n) is 4.53. The van der Waals surface area contributed by atoms with Crippen LogP contribution in [0.25, 0.3) is 0 Å². The third kappa shape index (κ3) is 4.63. The third-order valence-electron chi connectivity index (χ3n) is 2.86. The van der Waals surface area contributed by atoms with Crippen LogP contribution in [0.2, 0.25) is 0 Å². The van der Waals surface area contributed by atoms with Crippen molar-refractivity contribution in [3.05, 3.63) is 48.6 Å². The van der Waals surface area contributed by atoms with Crippen LogP contribution in [0.3, 0.4) is 0 Å². The van der Waals surface area contributed by atoms with Crippen molar-refractivity contribution in [2.45, 2.75) is 26.9 Å². The highest BCUT2D eigenvalue weighted by molar-refractivity contribution is 5.13. The summed E-state index contributed by atoms with van der Waals surface area (Å²) in [5.41, 5.74) is 1.24. The van der Waals surface area contributed by atoms with Gasteiger partial charge in [-0.05, 0) is 23.8 Å². The van der Waals surface area contributed by atoms with Crippen LogP contribution in [0.5, 0.6) is 0 Å². The van der Waals surface area contributed by atoms with E-state index in [1.807, 2.05) is 24.3 Å². The Hall–Kier alpha value is -1.08. The van der Waals surface area contributed by atoms with Gasteiger partial charge in [-0.1, -0.05) is 50.3 Å². The molecule has 0 saturated heterocycles. The quantitative estimate of drug-likeness (QED) is 0.627. The van der Waals surface area contributed by atoms with Crippen molar-refractivity contribution in [2.24, 2.45) is 11.8 Å². The van der Waals surface area contributed by atoms with Crippen molar-refractivity contribution < 1.29 is 4.74 Å². The van der Waals surface area contributed by atoms with E-state index < -0.39 is 0 Å². The normalized spacial score (nSPS) is 12.7. The third-order valence-corrected chi connectivity index (χ3v) is 2.86. The van der Waals surface area contributed by atoms with Gasteiger partial charge in [0.25, 0.3) is 0 Å². The van der Waals surface area contributed by atoms with Gasteiger partial charge < -0.3 is 4.74 Å². The van der Waals surface area contributed by atoms with Crippen LogP contribution in [-0.4, -0.2) is 6.61 Å². The summed E-state index contributed by atoms with van der Waals surface area (Å²) in [6, 6.07) is 10.3. The first-order valence-electron chi connectivity index (χ1n) is 5.96. The molecule has 0 aliphatic rings. The molecule has 0 bridgehead atoms. The van der Waals surface area contributed by atoms with Crippen molar-refractivity contribution in [2.75, 3.05) is 6.61 Å². The molecule has 1 aromatic rings. The van der Waals surface area contributed by atoms with E-state index in [2.05, 4.69) is 32.6 Å². The lowest BCUT2D eigenvalue weighted by molar-refractivity contribution is 0.0725. The first kappa shape index (κ1) is 13.0. The molecule has 0 aliphatic carbocycles. The van der Waals surface area contributed by atoms with Gasteiger partial charge in [-0.3, -0.25) is 0 Å². The van der Waals surface area contributed by atoms with Gasteiger partial charge in [0.15, 0.2) is 0 Å². The highest BCUT2D eigenvalue weighted by Gasteiger charge is 2.11. The van der Waals surface area contributed by atoms with Crippen molar-refractivity contribution in [1.82, 2.24) is 0 Å². The maximum Gasteiger partial charge on any atom is 0.0717 e. The van der Waals surface area contributed by atoms with Gasteiger partial charge in [0.05, 0.1) is 13.2 Å². The van der Waals surface area contributed by atoms with Crippen LogP contribution in [0.4, 0.5) is 0 Å². The van der Waals surface area contributed by atoms with Gasteiger partial charge in [-0.2, -0.15) is 0 Å². The first-order valence-corrected chi connectivity index (χ1v) is 5.96. The highest BCUT2D eigenvalue weighted by atomic mass is 16.5. The summed E-state index contributed by atoms with van der Waals surface area (Å²) in [6.45, 7) is 9.79. The number of hydrogen-bond acceptors (Lipinski definition) is 1. The Balaban J connectivity index is 2.30. The smallest absolute Gasteiger partial charge is 0.0717 e. The van der Waals surface area contributed by atoms with E-state index in [1.54, 1.807) is 0 Å². The average molecular weight is 218 g/mol. The lowest BCUT2D eigenvalue weighted by Crippen LogP contribution is -2.15. The monoisotopic (exact) mass is 218 g/mol. The molecule has 0 radical (unpaired) electrons. The summed E-state index contributed by atoms with van der Waals surface area (Å²) >= 11 is 0. The Kier molecular flexibility index (Phi) is 5.87. The standard InChI is InChI=1S/C15H22O/c1-4-8-15(13(2)3)12-16-11-14-9-6-5-7-10-14/h4-7,9-10,13,15H,1,8,11-12H2,2-3H3. The van der Waals surface area contributed by atoms with Gasteiger partial charge in [-0.15, -0.1) is 6.58 Å². The summed E-state index contributed by atoms with van der Waals surface area (Å²) < 4.78 is 5.75. The van der Waals surface area contributed by atoms with Crippen LogP contribution in [-0.2, 0) is 11.3 Å². The van der Waals surface area contributed by atoms with Gasteiger partial charge in [-0.25, -0.2) is 0 Å². The summed E-state index contributed by atoms with van der Waals surface area (Å²) in [4.78, 5) is 0. The molecule has 0 aromatic heterocycles. The lowest BCUT2D eigenvalue weighted by Gasteiger charge is -2.19. The topological polar surface area (TPSA) is 9.23 Å². The summed E-state index contributed by atoms with van der Waals surface area (Å²) in [5, 5.41) is 0. The molecule has 0 aliphatic heterocycles. The average Bonchev–Trinajstić information content (AvgIpc) is 2.29. The zero-order valence-electron chi connectivity index (χ0n) is 10.4. The molecule has 1 aromatic carbocycles. The molecule has 0 saturated carbocycles. The SMILES string of the molecule is C=CCC(COCc1ccccc1)C(C)C. The van der Waals surface area contributed by atoms with E-state index >= 15 is 0 Å². The van der Waals surface area contributed by atoms with Gasteiger partial charge in [0.1, 0.15) is 0 Å². The Morgan fingerprint density at radius 1 is 1.25 bits per heavy atom. The van der Waals surface area contributed by atoms with Gasteiger partial charge in [0.2, 0.25) is 0 Å². The summed E-state index contributed by atoms with van der Waals surface area (Å²) in [6.07, 6.45) is 3.02. The van der Waals surface area contributed by atoms with Crippen LogP contribution >= 0.6 is 0 Å². The molecule has 16 heavy (non-hydrogen) atoms. The Morgan fingerprint density at radius 3 is 2.50 bits per heavy atom. The molecular weight excluding hydrogens is 196 g/mol. The fraction of sp³-hybridized carbons (Fsp3) is 0.467. The Labute approximate surface area is 99.1 Å². The maximum absolute atomic E-state index is 5.75. The fourth-order valence-corrected chi connectivity index (χ4v) is 1.65.